The van der Waals surface area contributed by atoms with Crippen LogP contribution in [0.3, 0.4) is 0 Å². The number of likely N-dealkylation sites (N-methyl/N-ethyl adjacent to an activating group) is 1. The lowest BCUT2D eigenvalue weighted by Crippen LogP contribution is -2.40. The second kappa shape index (κ2) is 7.57. The van der Waals surface area contributed by atoms with Crippen LogP contribution >= 0.6 is 0 Å². The molecular formula is C21H28N4O3S. The normalized spacial score (nSPS) is 23.9. The summed E-state index contributed by atoms with van der Waals surface area (Å²) in [6.45, 7) is 5.61. The lowest BCUT2D eigenvalue weighted by Gasteiger charge is -2.32. The number of nitrogens with one attached hydrogen (secondary N) is 1. The fraction of sp³-hybridized carbons (Fsp3) is 0.524. The first-order valence-electron chi connectivity index (χ1n) is 10.1. The number of aromatic nitrogens is 2. The Hall–Kier alpha value is -2.19. The van der Waals surface area contributed by atoms with Gasteiger partial charge in [0.2, 0.25) is 0 Å². The molecule has 0 saturated carbocycles. The molecule has 29 heavy (non-hydrogen) atoms. The van der Waals surface area contributed by atoms with E-state index in [2.05, 4.69) is 27.4 Å². The van der Waals surface area contributed by atoms with Crippen molar-refractivity contribution in [3.63, 3.8) is 0 Å². The number of rotatable bonds is 4. The van der Waals surface area contributed by atoms with Crippen LogP contribution in [0.5, 0.6) is 0 Å². The lowest BCUT2D eigenvalue weighted by molar-refractivity contribution is 0.0920. The summed E-state index contributed by atoms with van der Waals surface area (Å²) in [4.78, 5) is 15.4. The summed E-state index contributed by atoms with van der Waals surface area (Å²) in [7, 11) is -0.968. The summed E-state index contributed by atoms with van der Waals surface area (Å²) in [6, 6.07) is 7.91. The Labute approximate surface area is 172 Å². The minimum absolute atomic E-state index is 0.0660. The van der Waals surface area contributed by atoms with E-state index >= 15 is 0 Å². The van der Waals surface area contributed by atoms with Crippen LogP contribution in [0, 0.1) is 0 Å². The van der Waals surface area contributed by atoms with Gasteiger partial charge in [-0.15, -0.1) is 0 Å². The molecule has 1 amide bonds. The van der Waals surface area contributed by atoms with Gasteiger partial charge in [-0.3, -0.25) is 14.4 Å². The molecule has 8 heteroatoms. The molecule has 2 atom stereocenters. The Balaban J connectivity index is 1.60. The van der Waals surface area contributed by atoms with E-state index < -0.39 is 9.84 Å². The number of carbonyl (C=O) groups excluding carboxylic acids is 1. The van der Waals surface area contributed by atoms with E-state index in [1.165, 1.54) is 5.56 Å². The molecule has 1 aromatic heterocycles. The standard InChI is InChI=1S/C21H28N4O3S/c1-14(2)20-18(11-25(23-20)16-8-9-29(27,28)13-16)21(26)22-19-12-24(3)10-15-6-4-5-7-17(15)19/h4-7,11,14,16,19H,8-10,12-13H2,1-3H3,(H,22,26). The monoisotopic (exact) mass is 416 g/mol. The Kier molecular flexibility index (Phi) is 5.25. The highest BCUT2D eigenvalue weighted by Crippen LogP contribution is 2.29. The van der Waals surface area contributed by atoms with E-state index in [0.29, 0.717) is 17.7 Å². The van der Waals surface area contributed by atoms with Gasteiger partial charge in [-0.2, -0.15) is 5.10 Å². The van der Waals surface area contributed by atoms with Crippen molar-refractivity contribution < 1.29 is 13.2 Å². The number of carbonyl (C=O) groups is 1. The summed E-state index contributed by atoms with van der Waals surface area (Å²) in [6.07, 6.45) is 2.28. The van der Waals surface area contributed by atoms with Crippen molar-refractivity contribution in [1.82, 2.24) is 20.0 Å². The summed E-state index contributed by atoms with van der Waals surface area (Å²) >= 11 is 0. The minimum Gasteiger partial charge on any atom is -0.344 e. The van der Waals surface area contributed by atoms with Crippen molar-refractivity contribution >= 4 is 15.7 Å². The van der Waals surface area contributed by atoms with E-state index in [-0.39, 0.29) is 35.4 Å². The van der Waals surface area contributed by atoms with Gasteiger partial charge in [0, 0.05) is 19.3 Å². The number of sulfone groups is 1. The molecule has 2 unspecified atom stereocenters. The first-order valence-corrected chi connectivity index (χ1v) is 11.9. The maximum atomic E-state index is 13.2. The van der Waals surface area contributed by atoms with Crippen LogP contribution in [0.1, 0.15) is 65.4 Å². The summed E-state index contributed by atoms with van der Waals surface area (Å²) < 4.78 is 25.4. The van der Waals surface area contributed by atoms with Gasteiger partial charge in [0.15, 0.2) is 9.84 Å². The van der Waals surface area contributed by atoms with Gasteiger partial charge >= 0.3 is 0 Å². The van der Waals surface area contributed by atoms with Crippen LogP contribution in [0.4, 0.5) is 0 Å². The second-order valence-corrected chi connectivity index (χ2v) is 10.8. The number of hydrogen-bond acceptors (Lipinski definition) is 5. The molecule has 0 radical (unpaired) electrons. The Morgan fingerprint density at radius 3 is 2.72 bits per heavy atom. The van der Waals surface area contributed by atoms with E-state index in [4.69, 9.17) is 0 Å². The van der Waals surface area contributed by atoms with E-state index in [9.17, 15) is 13.2 Å². The first-order chi connectivity index (χ1) is 13.7. The Morgan fingerprint density at radius 2 is 2.03 bits per heavy atom. The molecule has 4 rings (SSSR count). The molecule has 2 aromatic rings. The van der Waals surface area contributed by atoms with Crippen molar-refractivity contribution in [2.75, 3.05) is 25.1 Å². The zero-order valence-corrected chi connectivity index (χ0v) is 17.9. The zero-order valence-electron chi connectivity index (χ0n) is 17.1. The average Bonchev–Trinajstić information content (AvgIpc) is 3.25. The average molecular weight is 417 g/mol. The third kappa shape index (κ3) is 4.09. The van der Waals surface area contributed by atoms with Crippen molar-refractivity contribution in [3.05, 3.63) is 52.8 Å². The number of fused-ring (bicyclic) bond motifs is 1. The first kappa shape index (κ1) is 20.1. The van der Waals surface area contributed by atoms with Crippen LogP contribution < -0.4 is 5.32 Å². The molecule has 1 fully saturated rings. The van der Waals surface area contributed by atoms with Gasteiger partial charge in [-0.25, -0.2) is 8.42 Å². The van der Waals surface area contributed by atoms with Gasteiger partial charge in [0.1, 0.15) is 0 Å². The molecule has 7 nitrogen and oxygen atoms in total. The highest BCUT2D eigenvalue weighted by Gasteiger charge is 2.32. The smallest absolute Gasteiger partial charge is 0.255 e. The Morgan fingerprint density at radius 1 is 1.28 bits per heavy atom. The van der Waals surface area contributed by atoms with Crippen molar-refractivity contribution in [2.45, 2.75) is 44.8 Å². The van der Waals surface area contributed by atoms with Crippen LogP contribution in [0.2, 0.25) is 0 Å². The lowest BCUT2D eigenvalue weighted by atomic mass is 9.95. The van der Waals surface area contributed by atoms with Crippen molar-refractivity contribution in [2.24, 2.45) is 0 Å². The highest BCUT2D eigenvalue weighted by molar-refractivity contribution is 7.91. The number of benzene rings is 1. The van der Waals surface area contributed by atoms with Crippen LogP contribution in [-0.2, 0) is 16.4 Å². The van der Waals surface area contributed by atoms with Crippen molar-refractivity contribution in [1.29, 1.82) is 0 Å². The van der Waals surface area contributed by atoms with Crippen LogP contribution in [0.15, 0.2) is 30.5 Å². The number of hydrogen-bond donors (Lipinski definition) is 1. The molecule has 0 aliphatic carbocycles. The fourth-order valence-electron chi connectivity index (χ4n) is 4.32. The molecule has 0 spiro atoms. The predicted octanol–water partition coefficient (Wildman–Crippen LogP) is 2.28. The quantitative estimate of drug-likeness (QED) is 0.827. The molecule has 1 N–H and O–H groups in total. The van der Waals surface area contributed by atoms with E-state index in [1.54, 1.807) is 10.9 Å². The third-order valence-electron chi connectivity index (χ3n) is 5.80. The molecule has 2 aliphatic rings. The van der Waals surface area contributed by atoms with Gasteiger partial charge in [-0.05, 0) is 30.5 Å². The van der Waals surface area contributed by atoms with E-state index in [1.807, 2.05) is 33.0 Å². The highest BCUT2D eigenvalue weighted by atomic mass is 32.2. The maximum Gasteiger partial charge on any atom is 0.255 e. The summed E-state index contributed by atoms with van der Waals surface area (Å²) in [5.41, 5.74) is 3.63. The predicted molar refractivity (Wildman–Crippen MR) is 112 cm³/mol. The summed E-state index contributed by atoms with van der Waals surface area (Å²) in [5.74, 6) is 0.183. The number of nitrogens with zero attached hydrogens (tertiary/aromatic N) is 3. The SMILES string of the molecule is CC(C)c1nn(C2CCS(=O)(=O)C2)cc1C(=O)NC1CN(C)Cc2ccccc21. The summed E-state index contributed by atoms with van der Waals surface area (Å²) in [5, 5.41) is 7.80. The second-order valence-electron chi connectivity index (χ2n) is 8.54. The van der Waals surface area contributed by atoms with Gasteiger partial charge in [-0.1, -0.05) is 38.1 Å². The maximum absolute atomic E-state index is 13.2. The number of amides is 1. The molecule has 156 valence electrons. The van der Waals surface area contributed by atoms with E-state index in [0.717, 1.165) is 18.7 Å². The van der Waals surface area contributed by atoms with Crippen LogP contribution in [-0.4, -0.2) is 54.1 Å². The molecule has 3 heterocycles. The molecular weight excluding hydrogens is 388 g/mol. The Bertz CT molecular complexity index is 1030. The largest absolute Gasteiger partial charge is 0.344 e. The van der Waals surface area contributed by atoms with Crippen LogP contribution in [0.25, 0.3) is 0 Å². The molecule has 1 aromatic carbocycles. The minimum atomic E-state index is -3.02. The third-order valence-corrected chi connectivity index (χ3v) is 7.56. The van der Waals surface area contributed by atoms with Gasteiger partial charge in [0.05, 0.1) is 34.8 Å². The zero-order chi connectivity index (χ0) is 20.8. The fourth-order valence-corrected chi connectivity index (χ4v) is 6.02. The van der Waals surface area contributed by atoms with Gasteiger partial charge in [0.25, 0.3) is 5.91 Å². The topological polar surface area (TPSA) is 84.3 Å². The molecule has 0 bridgehead atoms. The van der Waals surface area contributed by atoms with Gasteiger partial charge < -0.3 is 5.32 Å². The van der Waals surface area contributed by atoms with Crippen molar-refractivity contribution in [3.8, 4) is 0 Å². The molecule has 1 saturated heterocycles. The molecule has 2 aliphatic heterocycles.